The van der Waals surface area contributed by atoms with Gasteiger partial charge in [-0.25, -0.2) is 22.8 Å². The Morgan fingerprint density at radius 1 is 0.926 bits per heavy atom. The van der Waals surface area contributed by atoms with E-state index in [0.29, 0.717) is 30.1 Å². The van der Waals surface area contributed by atoms with E-state index in [2.05, 4.69) is 21.3 Å². The Bertz CT molecular complexity index is 1760. The Kier molecular flexibility index (Phi) is 16.1. The molecule has 5 rings (SSSR count). The Hall–Kier alpha value is -5.15. The monoisotopic (exact) mass is 766 g/mol. The standard InChI is InChI=1S/C39H50N4O10S/c1-27(2)33-26-51-20-9-10-21-52-31-17-15-29(16-18-31)23-32(36(44)41-33)42-38(47)43-35(37(45)46)34(24-28-11-5-3-6-12-28)54(49,50)22-19-40-39(48)53-25-30-13-7-4-8-14-30/h3-8,11-18,27,32-35H,9-10,19-26H2,1-2H3,(H,40,48)(H,41,44)(H,45,46)(H2,42,43,47)/t32-,33-,34?,35?/m1/s1. The van der Waals surface area contributed by atoms with Crippen molar-refractivity contribution in [1.29, 1.82) is 0 Å². The molecule has 5 N–H and O–H groups in total. The van der Waals surface area contributed by atoms with Crippen molar-refractivity contribution in [2.45, 2.75) is 69.5 Å². The topological polar surface area (TPSA) is 198 Å². The van der Waals surface area contributed by atoms with Crippen molar-refractivity contribution in [2.24, 2.45) is 5.92 Å². The minimum atomic E-state index is -4.30. The van der Waals surface area contributed by atoms with Crippen LogP contribution >= 0.6 is 0 Å². The van der Waals surface area contributed by atoms with Crippen molar-refractivity contribution < 1.29 is 46.9 Å². The van der Waals surface area contributed by atoms with Crippen molar-refractivity contribution in [3.63, 3.8) is 0 Å². The molecule has 14 nitrogen and oxygen atoms in total. The maximum atomic E-state index is 13.8. The average Bonchev–Trinajstić information content (AvgIpc) is 3.15. The van der Waals surface area contributed by atoms with Gasteiger partial charge in [-0.1, -0.05) is 86.6 Å². The van der Waals surface area contributed by atoms with Crippen molar-refractivity contribution >= 4 is 33.8 Å². The van der Waals surface area contributed by atoms with Gasteiger partial charge in [0.15, 0.2) is 9.84 Å². The number of amides is 4. The van der Waals surface area contributed by atoms with Crippen LogP contribution in [0.1, 0.15) is 43.4 Å². The number of ether oxygens (including phenoxy) is 3. The maximum Gasteiger partial charge on any atom is 0.407 e. The lowest BCUT2D eigenvalue weighted by Gasteiger charge is -2.28. The zero-order valence-electron chi connectivity index (χ0n) is 30.6. The van der Waals surface area contributed by atoms with Crippen LogP contribution in [0.25, 0.3) is 0 Å². The molecular weight excluding hydrogens is 717 g/mol. The summed E-state index contributed by atoms with van der Waals surface area (Å²) in [5.41, 5.74) is 1.95. The predicted octanol–water partition coefficient (Wildman–Crippen LogP) is 3.63. The molecule has 4 amide bonds. The Balaban J connectivity index is 1.51. The van der Waals surface area contributed by atoms with Crippen molar-refractivity contribution in [1.82, 2.24) is 21.3 Å². The smallest absolute Gasteiger partial charge is 0.407 e. The summed E-state index contributed by atoms with van der Waals surface area (Å²) in [5.74, 6) is -2.12. The molecule has 54 heavy (non-hydrogen) atoms. The summed E-state index contributed by atoms with van der Waals surface area (Å²) in [7, 11) is -4.30. The highest BCUT2D eigenvalue weighted by atomic mass is 32.2. The lowest BCUT2D eigenvalue weighted by molar-refractivity contribution is -0.139. The number of hydrogen-bond acceptors (Lipinski definition) is 9. The number of carboxylic acid groups (broad SMARTS) is 1. The molecule has 0 spiro atoms. The lowest BCUT2D eigenvalue weighted by Crippen LogP contribution is -2.59. The largest absolute Gasteiger partial charge is 0.494 e. The van der Waals surface area contributed by atoms with Gasteiger partial charge in [0.25, 0.3) is 0 Å². The molecule has 0 aromatic heterocycles. The van der Waals surface area contributed by atoms with Crippen molar-refractivity contribution in [3.8, 4) is 5.75 Å². The maximum absolute atomic E-state index is 13.8. The Morgan fingerprint density at radius 3 is 2.22 bits per heavy atom. The van der Waals surface area contributed by atoms with E-state index in [1.165, 1.54) is 0 Å². The number of hydrogen-bond donors (Lipinski definition) is 5. The molecule has 3 aromatic rings. The molecule has 0 fully saturated rings. The van der Waals surface area contributed by atoms with Gasteiger partial charge in [0.2, 0.25) is 5.91 Å². The van der Waals surface area contributed by atoms with Crippen LogP contribution in [0.3, 0.4) is 0 Å². The Morgan fingerprint density at radius 2 is 1.57 bits per heavy atom. The summed E-state index contributed by atoms with van der Waals surface area (Å²) >= 11 is 0. The molecule has 2 heterocycles. The number of aliphatic carboxylic acids is 1. The van der Waals surface area contributed by atoms with Crippen LogP contribution in [0.15, 0.2) is 84.9 Å². The number of urea groups is 1. The van der Waals surface area contributed by atoms with Gasteiger partial charge < -0.3 is 40.6 Å². The highest BCUT2D eigenvalue weighted by Gasteiger charge is 2.39. The predicted molar refractivity (Wildman–Crippen MR) is 202 cm³/mol. The fourth-order valence-corrected chi connectivity index (χ4v) is 7.47. The van der Waals surface area contributed by atoms with Crippen LogP contribution in [0.5, 0.6) is 5.75 Å². The summed E-state index contributed by atoms with van der Waals surface area (Å²) in [6.07, 6.45) is 0.508. The number of alkyl carbamates (subject to hydrolysis) is 1. The first kappa shape index (κ1) is 41.6. The number of rotatable bonds is 13. The van der Waals surface area contributed by atoms with Gasteiger partial charge >= 0.3 is 18.1 Å². The van der Waals surface area contributed by atoms with Gasteiger partial charge in [-0.15, -0.1) is 0 Å². The molecule has 2 aliphatic heterocycles. The van der Waals surface area contributed by atoms with Crippen LogP contribution in [0, 0.1) is 5.92 Å². The fraction of sp³-hybridized carbons (Fsp3) is 0.436. The molecule has 0 radical (unpaired) electrons. The molecule has 3 aromatic carbocycles. The normalized spacial score (nSPS) is 18.0. The minimum absolute atomic E-state index is 0.00882. The van der Waals surface area contributed by atoms with Gasteiger partial charge in [0.05, 0.1) is 30.3 Å². The van der Waals surface area contributed by atoms with E-state index in [1.807, 2.05) is 19.9 Å². The molecule has 2 bridgehead atoms. The number of carbonyl (C=O) groups excluding carboxylic acids is 3. The lowest BCUT2D eigenvalue weighted by atomic mass is 10.0. The third-order valence-electron chi connectivity index (χ3n) is 8.90. The first-order valence-corrected chi connectivity index (χ1v) is 19.7. The van der Waals surface area contributed by atoms with Gasteiger partial charge in [-0.05, 0) is 54.0 Å². The summed E-state index contributed by atoms with van der Waals surface area (Å²) in [6.45, 7) is 4.71. The van der Waals surface area contributed by atoms with Gasteiger partial charge in [-0.2, -0.15) is 0 Å². The molecule has 0 saturated heterocycles. The van der Waals surface area contributed by atoms with Crippen LogP contribution in [0.4, 0.5) is 9.59 Å². The second-order valence-electron chi connectivity index (χ2n) is 13.4. The second-order valence-corrected chi connectivity index (χ2v) is 15.7. The highest BCUT2D eigenvalue weighted by molar-refractivity contribution is 7.92. The zero-order chi connectivity index (χ0) is 38.9. The summed E-state index contributed by atoms with van der Waals surface area (Å²) < 4.78 is 44.5. The van der Waals surface area contributed by atoms with Crippen LogP contribution in [-0.4, -0.2) is 93.0 Å². The third-order valence-corrected chi connectivity index (χ3v) is 11.0. The Labute approximate surface area is 316 Å². The molecule has 2 aliphatic rings. The van der Waals surface area contributed by atoms with E-state index in [1.54, 1.807) is 78.9 Å². The van der Waals surface area contributed by atoms with Crippen LogP contribution in [0.2, 0.25) is 0 Å². The van der Waals surface area contributed by atoms with E-state index in [9.17, 15) is 32.7 Å². The molecular formula is C39H50N4O10S. The van der Waals surface area contributed by atoms with Gasteiger partial charge in [0.1, 0.15) is 24.4 Å². The summed E-state index contributed by atoms with van der Waals surface area (Å²) in [5, 5.41) is 19.0. The summed E-state index contributed by atoms with van der Waals surface area (Å²) in [4.78, 5) is 52.4. The number of fused-ring (bicyclic) bond motifs is 13. The van der Waals surface area contributed by atoms with Gasteiger partial charge in [0, 0.05) is 19.6 Å². The summed E-state index contributed by atoms with van der Waals surface area (Å²) in [6, 6.07) is 19.9. The third kappa shape index (κ3) is 13.7. The van der Waals surface area contributed by atoms with E-state index in [-0.39, 0.29) is 44.6 Å². The molecule has 15 heteroatoms. The number of sulfone groups is 1. The van der Waals surface area contributed by atoms with Crippen LogP contribution < -0.4 is 26.0 Å². The quantitative estimate of drug-likeness (QED) is 0.171. The van der Waals surface area contributed by atoms with Gasteiger partial charge in [-0.3, -0.25) is 4.79 Å². The number of benzene rings is 3. The zero-order valence-corrected chi connectivity index (χ0v) is 31.4. The van der Waals surface area contributed by atoms with Crippen LogP contribution in [-0.2, 0) is 48.3 Å². The number of carboxylic acids is 1. The molecule has 292 valence electrons. The highest BCUT2D eigenvalue weighted by Crippen LogP contribution is 2.18. The fourth-order valence-electron chi connectivity index (χ4n) is 5.73. The number of carbonyl (C=O) groups is 4. The second kappa shape index (κ2) is 20.9. The first-order chi connectivity index (χ1) is 25.9. The number of nitrogens with one attached hydrogen (secondary N) is 4. The van der Waals surface area contributed by atoms with Crippen molar-refractivity contribution in [3.05, 3.63) is 102 Å². The SMILES string of the molecule is CC(C)[C@H]1COCCCCOc2ccc(cc2)C[C@@H](NC(=O)NC(C(=O)O)C(Cc2ccccc2)S(=O)(=O)CCNC(=O)OCc2ccccc2)C(=O)N1. The first-order valence-electron chi connectivity index (χ1n) is 18.0. The van der Waals surface area contributed by atoms with E-state index in [0.717, 1.165) is 18.4 Å². The molecule has 4 atom stereocenters. The minimum Gasteiger partial charge on any atom is -0.494 e. The van der Waals surface area contributed by atoms with E-state index in [4.69, 9.17) is 14.2 Å². The molecule has 0 saturated carbocycles. The molecule has 2 unspecified atom stereocenters. The van der Waals surface area contributed by atoms with Crippen molar-refractivity contribution in [2.75, 3.05) is 32.1 Å². The van der Waals surface area contributed by atoms with E-state index >= 15 is 0 Å². The van der Waals surface area contributed by atoms with E-state index < -0.39 is 56.9 Å². The molecule has 0 aliphatic carbocycles. The average molecular weight is 767 g/mol.